The minimum absolute atomic E-state index is 0.490. The highest BCUT2D eigenvalue weighted by molar-refractivity contribution is 4.93. The molecule has 2 N–H and O–H groups in total. The second-order valence-corrected chi connectivity index (χ2v) is 4.41. The van der Waals surface area contributed by atoms with Gasteiger partial charge in [0.25, 0.3) is 0 Å². The standard InChI is InChI=1S/C11H20N4/c1-2-9-5-3-4-6-11(9)15-8-10(7-12)13-14-15/h8-9,11H,2-7,12H2,1H3. The van der Waals surface area contributed by atoms with Crippen molar-refractivity contribution in [3.8, 4) is 0 Å². The molecule has 4 heteroatoms. The fraction of sp³-hybridized carbons (Fsp3) is 0.818. The lowest BCUT2D eigenvalue weighted by atomic mass is 9.83. The van der Waals surface area contributed by atoms with Gasteiger partial charge in [0, 0.05) is 6.54 Å². The molecule has 1 aromatic heterocycles. The normalized spacial score (nSPS) is 26.8. The molecule has 2 unspecified atom stereocenters. The van der Waals surface area contributed by atoms with Crippen molar-refractivity contribution in [3.05, 3.63) is 11.9 Å². The predicted octanol–water partition coefficient (Wildman–Crippen LogP) is 1.88. The van der Waals surface area contributed by atoms with Gasteiger partial charge in [0.2, 0.25) is 0 Å². The Bertz CT molecular complexity index is 307. The maximum atomic E-state index is 5.54. The van der Waals surface area contributed by atoms with E-state index in [1.807, 2.05) is 10.9 Å². The number of rotatable bonds is 3. The van der Waals surface area contributed by atoms with E-state index in [1.54, 1.807) is 0 Å². The molecule has 0 radical (unpaired) electrons. The highest BCUT2D eigenvalue weighted by Crippen LogP contribution is 2.35. The van der Waals surface area contributed by atoms with Crippen molar-refractivity contribution < 1.29 is 0 Å². The first kappa shape index (κ1) is 10.6. The molecule has 0 saturated heterocycles. The predicted molar refractivity (Wildman–Crippen MR) is 59.2 cm³/mol. The van der Waals surface area contributed by atoms with Crippen LogP contribution < -0.4 is 5.73 Å². The van der Waals surface area contributed by atoms with Gasteiger partial charge in [0.1, 0.15) is 0 Å². The van der Waals surface area contributed by atoms with Crippen LogP contribution >= 0.6 is 0 Å². The molecule has 2 atom stereocenters. The third-order valence-electron chi connectivity index (χ3n) is 3.50. The molecule has 15 heavy (non-hydrogen) atoms. The van der Waals surface area contributed by atoms with Crippen molar-refractivity contribution >= 4 is 0 Å². The van der Waals surface area contributed by atoms with Gasteiger partial charge < -0.3 is 5.73 Å². The molecule has 0 spiro atoms. The van der Waals surface area contributed by atoms with Crippen LogP contribution in [-0.2, 0) is 6.54 Å². The molecule has 0 aromatic carbocycles. The van der Waals surface area contributed by atoms with E-state index in [2.05, 4.69) is 17.2 Å². The van der Waals surface area contributed by atoms with Crippen LogP contribution in [0.1, 0.15) is 50.8 Å². The van der Waals surface area contributed by atoms with E-state index in [9.17, 15) is 0 Å². The van der Waals surface area contributed by atoms with E-state index in [0.29, 0.717) is 12.6 Å². The maximum Gasteiger partial charge on any atom is 0.0962 e. The highest BCUT2D eigenvalue weighted by Gasteiger charge is 2.25. The van der Waals surface area contributed by atoms with E-state index in [1.165, 1.54) is 32.1 Å². The Kier molecular flexibility index (Phi) is 3.36. The molecule has 0 bridgehead atoms. The van der Waals surface area contributed by atoms with Crippen molar-refractivity contribution in [1.29, 1.82) is 0 Å². The summed E-state index contributed by atoms with van der Waals surface area (Å²) in [5.74, 6) is 0.770. The SMILES string of the molecule is CCC1CCCCC1n1cc(CN)nn1. The average molecular weight is 208 g/mol. The molecule has 1 fully saturated rings. The Morgan fingerprint density at radius 2 is 2.27 bits per heavy atom. The Morgan fingerprint density at radius 1 is 1.47 bits per heavy atom. The average Bonchev–Trinajstić information content (AvgIpc) is 2.77. The van der Waals surface area contributed by atoms with Crippen LogP contribution in [0, 0.1) is 5.92 Å². The fourth-order valence-corrected chi connectivity index (χ4v) is 2.58. The minimum Gasteiger partial charge on any atom is -0.325 e. The molecule has 1 aliphatic rings. The first-order valence-electron chi connectivity index (χ1n) is 5.96. The van der Waals surface area contributed by atoms with Gasteiger partial charge in [-0.3, -0.25) is 0 Å². The van der Waals surface area contributed by atoms with E-state index >= 15 is 0 Å². The van der Waals surface area contributed by atoms with Crippen molar-refractivity contribution in [2.24, 2.45) is 11.7 Å². The lowest BCUT2D eigenvalue weighted by Crippen LogP contribution is -2.23. The molecule has 84 valence electrons. The summed E-state index contributed by atoms with van der Waals surface area (Å²) in [7, 11) is 0. The van der Waals surface area contributed by atoms with Gasteiger partial charge >= 0.3 is 0 Å². The fourth-order valence-electron chi connectivity index (χ4n) is 2.58. The van der Waals surface area contributed by atoms with Crippen LogP contribution in [0.2, 0.25) is 0 Å². The number of hydrogen-bond donors (Lipinski definition) is 1. The highest BCUT2D eigenvalue weighted by atomic mass is 15.4. The second kappa shape index (κ2) is 4.75. The monoisotopic (exact) mass is 208 g/mol. The lowest BCUT2D eigenvalue weighted by Gasteiger charge is -2.30. The van der Waals surface area contributed by atoms with Crippen LogP contribution in [0.5, 0.6) is 0 Å². The van der Waals surface area contributed by atoms with Crippen LogP contribution in [0.25, 0.3) is 0 Å². The van der Waals surface area contributed by atoms with Gasteiger partial charge in [-0.05, 0) is 18.8 Å². The minimum atomic E-state index is 0.490. The van der Waals surface area contributed by atoms with Crippen LogP contribution in [0.3, 0.4) is 0 Å². The molecule has 1 aliphatic carbocycles. The maximum absolute atomic E-state index is 5.54. The summed E-state index contributed by atoms with van der Waals surface area (Å²) < 4.78 is 2.04. The van der Waals surface area contributed by atoms with Gasteiger partial charge in [-0.15, -0.1) is 5.10 Å². The van der Waals surface area contributed by atoms with Crippen molar-refractivity contribution in [1.82, 2.24) is 15.0 Å². The van der Waals surface area contributed by atoms with E-state index < -0.39 is 0 Å². The zero-order valence-corrected chi connectivity index (χ0v) is 9.39. The zero-order valence-electron chi connectivity index (χ0n) is 9.39. The van der Waals surface area contributed by atoms with Gasteiger partial charge in [-0.1, -0.05) is 31.4 Å². The van der Waals surface area contributed by atoms with Crippen molar-refractivity contribution in [2.45, 2.75) is 51.6 Å². The van der Waals surface area contributed by atoms with E-state index in [-0.39, 0.29) is 0 Å². The van der Waals surface area contributed by atoms with Crippen LogP contribution in [0.15, 0.2) is 6.20 Å². The Morgan fingerprint density at radius 3 is 2.93 bits per heavy atom. The van der Waals surface area contributed by atoms with Gasteiger partial charge in [0.15, 0.2) is 0 Å². The Hall–Kier alpha value is -0.900. The zero-order chi connectivity index (χ0) is 10.7. The molecule has 2 rings (SSSR count). The van der Waals surface area contributed by atoms with Crippen LogP contribution in [-0.4, -0.2) is 15.0 Å². The molecular formula is C11H20N4. The summed E-state index contributed by atoms with van der Waals surface area (Å²) in [6.07, 6.45) is 8.51. The lowest BCUT2D eigenvalue weighted by molar-refractivity contribution is 0.214. The van der Waals surface area contributed by atoms with Crippen LogP contribution in [0.4, 0.5) is 0 Å². The first-order valence-corrected chi connectivity index (χ1v) is 5.96. The third-order valence-corrected chi connectivity index (χ3v) is 3.50. The summed E-state index contributed by atoms with van der Waals surface area (Å²) in [4.78, 5) is 0. The molecule has 0 amide bonds. The Labute approximate surface area is 90.8 Å². The molecule has 1 aromatic rings. The number of hydrogen-bond acceptors (Lipinski definition) is 3. The third kappa shape index (κ3) is 2.20. The summed E-state index contributed by atoms with van der Waals surface area (Å²) >= 11 is 0. The van der Waals surface area contributed by atoms with Crippen molar-refractivity contribution in [2.75, 3.05) is 0 Å². The number of aromatic nitrogens is 3. The quantitative estimate of drug-likeness (QED) is 0.825. The molecule has 4 nitrogen and oxygen atoms in total. The first-order chi connectivity index (χ1) is 7.35. The largest absolute Gasteiger partial charge is 0.325 e. The summed E-state index contributed by atoms with van der Waals surface area (Å²) in [6.45, 7) is 2.76. The molecule has 1 saturated carbocycles. The molecular weight excluding hydrogens is 188 g/mol. The van der Waals surface area contributed by atoms with Gasteiger partial charge in [-0.25, -0.2) is 4.68 Å². The summed E-state index contributed by atoms with van der Waals surface area (Å²) in [5.41, 5.74) is 6.44. The molecule has 0 aliphatic heterocycles. The summed E-state index contributed by atoms with van der Waals surface area (Å²) in [5, 5.41) is 8.26. The number of nitrogens with two attached hydrogens (primary N) is 1. The van der Waals surface area contributed by atoms with Crippen molar-refractivity contribution in [3.63, 3.8) is 0 Å². The van der Waals surface area contributed by atoms with Gasteiger partial charge in [-0.2, -0.15) is 0 Å². The topological polar surface area (TPSA) is 56.7 Å². The second-order valence-electron chi connectivity index (χ2n) is 4.41. The number of nitrogens with zero attached hydrogens (tertiary/aromatic N) is 3. The smallest absolute Gasteiger partial charge is 0.0962 e. The van der Waals surface area contributed by atoms with Gasteiger partial charge in [0.05, 0.1) is 17.9 Å². The molecule has 1 heterocycles. The Balaban J connectivity index is 2.12. The van der Waals surface area contributed by atoms with E-state index in [4.69, 9.17) is 5.73 Å². The summed E-state index contributed by atoms with van der Waals surface area (Å²) in [6, 6.07) is 0.552. The van der Waals surface area contributed by atoms with E-state index in [0.717, 1.165) is 11.6 Å².